The number of halogens is 1. The van der Waals surface area contributed by atoms with E-state index in [0.29, 0.717) is 11.1 Å². The topological polar surface area (TPSA) is 32.3 Å². The molecule has 19 heavy (non-hydrogen) atoms. The van der Waals surface area contributed by atoms with Gasteiger partial charge in [-0.3, -0.25) is 0 Å². The van der Waals surface area contributed by atoms with Gasteiger partial charge in [0.1, 0.15) is 16.8 Å². The summed E-state index contributed by atoms with van der Waals surface area (Å²) in [6, 6.07) is 1.87. The molecule has 2 heterocycles. The van der Waals surface area contributed by atoms with Crippen LogP contribution in [0.25, 0.3) is 0 Å². The Kier molecular flexibility index (Phi) is 3.89. The summed E-state index contributed by atoms with van der Waals surface area (Å²) in [6.45, 7) is 4.59. The first-order valence-electron chi connectivity index (χ1n) is 7.20. The van der Waals surface area contributed by atoms with Crippen LogP contribution < -0.4 is 4.90 Å². The zero-order chi connectivity index (χ0) is 13.2. The fourth-order valence-corrected chi connectivity index (χ4v) is 2.74. The summed E-state index contributed by atoms with van der Waals surface area (Å²) < 4.78 is 0. The summed E-state index contributed by atoms with van der Waals surface area (Å²) in [5.74, 6) is 2.43. The van der Waals surface area contributed by atoms with Crippen LogP contribution in [0.2, 0.25) is 5.15 Å². The molecule has 0 aromatic carbocycles. The number of anilines is 1. The van der Waals surface area contributed by atoms with Gasteiger partial charge in [-0.05, 0) is 38.8 Å². The maximum Gasteiger partial charge on any atom is 0.135 e. The molecule has 5 heteroatoms. The molecule has 2 fully saturated rings. The van der Waals surface area contributed by atoms with Crippen LogP contribution in [-0.4, -0.2) is 48.1 Å². The highest BCUT2D eigenvalue weighted by Crippen LogP contribution is 2.39. The van der Waals surface area contributed by atoms with Crippen molar-refractivity contribution in [1.82, 2.24) is 14.9 Å². The maximum absolute atomic E-state index is 6.11. The van der Waals surface area contributed by atoms with E-state index in [1.54, 1.807) is 0 Å². The maximum atomic E-state index is 6.11. The van der Waals surface area contributed by atoms with Crippen LogP contribution in [0.1, 0.15) is 37.4 Å². The average Bonchev–Trinajstić information content (AvgIpc) is 3.13. The predicted octanol–water partition coefficient (Wildman–Crippen LogP) is 2.54. The fourth-order valence-electron chi connectivity index (χ4n) is 2.55. The van der Waals surface area contributed by atoms with E-state index in [4.69, 9.17) is 11.6 Å². The first-order valence-corrected chi connectivity index (χ1v) is 7.58. The van der Waals surface area contributed by atoms with Crippen LogP contribution in [0.3, 0.4) is 0 Å². The molecular weight excluding hydrogens is 260 g/mol. The standard InChI is InChI=1S/C14H21ClN4/c1-18(8-9-19-6-2-3-7-19)13-10-12(15)16-14(17-13)11-4-5-11/h10-11H,2-9H2,1H3. The van der Waals surface area contributed by atoms with E-state index < -0.39 is 0 Å². The van der Waals surface area contributed by atoms with E-state index >= 15 is 0 Å². The molecule has 1 aromatic rings. The molecule has 1 aromatic heterocycles. The fraction of sp³-hybridized carbons (Fsp3) is 0.714. The van der Waals surface area contributed by atoms with Gasteiger partial charge in [-0.15, -0.1) is 0 Å². The van der Waals surface area contributed by atoms with Gasteiger partial charge in [-0.1, -0.05) is 11.6 Å². The monoisotopic (exact) mass is 280 g/mol. The first kappa shape index (κ1) is 13.1. The smallest absolute Gasteiger partial charge is 0.135 e. The summed E-state index contributed by atoms with van der Waals surface area (Å²) in [6.07, 6.45) is 5.10. The van der Waals surface area contributed by atoms with Gasteiger partial charge in [-0.25, -0.2) is 9.97 Å². The number of aromatic nitrogens is 2. The van der Waals surface area contributed by atoms with E-state index in [2.05, 4.69) is 26.8 Å². The third kappa shape index (κ3) is 3.37. The van der Waals surface area contributed by atoms with Gasteiger partial charge in [0.2, 0.25) is 0 Å². The Morgan fingerprint density at radius 1 is 1.32 bits per heavy atom. The van der Waals surface area contributed by atoms with E-state index in [1.165, 1.54) is 38.8 Å². The lowest BCUT2D eigenvalue weighted by Gasteiger charge is -2.22. The molecule has 0 amide bonds. The molecule has 0 spiro atoms. The summed E-state index contributed by atoms with van der Waals surface area (Å²) in [5, 5.41) is 0.569. The van der Waals surface area contributed by atoms with Crippen molar-refractivity contribution in [1.29, 1.82) is 0 Å². The Morgan fingerprint density at radius 2 is 2.05 bits per heavy atom. The van der Waals surface area contributed by atoms with Crippen molar-refractivity contribution in [2.75, 3.05) is 38.1 Å². The quantitative estimate of drug-likeness (QED) is 0.776. The highest BCUT2D eigenvalue weighted by Gasteiger charge is 2.27. The molecule has 0 radical (unpaired) electrons. The molecule has 104 valence electrons. The summed E-state index contributed by atoms with van der Waals surface area (Å²) in [5.41, 5.74) is 0. The second-order valence-electron chi connectivity index (χ2n) is 5.65. The van der Waals surface area contributed by atoms with Crippen LogP contribution in [0.15, 0.2) is 6.07 Å². The van der Waals surface area contributed by atoms with Gasteiger partial charge in [0, 0.05) is 32.1 Å². The molecule has 1 aliphatic carbocycles. The van der Waals surface area contributed by atoms with Crippen molar-refractivity contribution in [2.45, 2.75) is 31.6 Å². The average molecular weight is 281 g/mol. The normalized spacial score (nSPS) is 19.9. The largest absolute Gasteiger partial charge is 0.358 e. The summed E-state index contributed by atoms with van der Waals surface area (Å²) in [4.78, 5) is 13.7. The van der Waals surface area contributed by atoms with E-state index in [-0.39, 0.29) is 0 Å². The molecule has 2 aliphatic rings. The number of likely N-dealkylation sites (tertiary alicyclic amines) is 1. The van der Waals surface area contributed by atoms with Crippen molar-refractivity contribution in [3.8, 4) is 0 Å². The number of hydrogen-bond donors (Lipinski definition) is 0. The van der Waals surface area contributed by atoms with Gasteiger partial charge < -0.3 is 9.80 Å². The van der Waals surface area contributed by atoms with E-state index in [9.17, 15) is 0 Å². The van der Waals surface area contributed by atoms with Crippen molar-refractivity contribution >= 4 is 17.4 Å². The summed E-state index contributed by atoms with van der Waals surface area (Å²) >= 11 is 6.11. The highest BCUT2D eigenvalue weighted by molar-refractivity contribution is 6.29. The van der Waals surface area contributed by atoms with Gasteiger partial charge in [0.05, 0.1) is 0 Å². The number of hydrogen-bond acceptors (Lipinski definition) is 4. The molecular formula is C14H21ClN4. The molecule has 4 nitrogen and oxygen atoms in total. The van der Waals surface area contributed by atoms with Crippen molar-refractivity contribution in [3.05, 3.63) is 17.0 Å². The van der Waals surface area contributed by atoms with Crippen molar-refractivity contribution in [3.63, 3.8) is 0 Å². The Labute approximate surface area is 119 Å². The van der Waals surface area contributed by atoms with Gasteiger partial charge in [0.25, 0.3) is 0 Å². The second-order valence-corrected chi connectivity index (χ2v) is 6.04. The molecule has 3 rings (SSSR count). The van der Waals surface area contributed by atoms with Gasteiger partial charge in [-0.2, -0.15) is 0 Å². The number of rotatable bonds is 5. The highest BCUT2D eigenvalue weighted by atomic mass is 35.5. The zero-order valence-electron chi connectivity index (χ0n) is 11.5. The third-order valence-corrected chi connectivity index (χ3v) is 4.18. The van der Waals surface area contributed by atoms with Gasteiger partial charge >= 0.3 is 0 Å². The third-order valence-electron chi connectivity index (χ3n) is 3.98. The molecule has 1 saturated carbocycles. The molecule has 0 N–H and O–H groups in total. The van der Waals surface area contributed by atoms with Crippen LogP contribution in [-0.2, 0) is 0 Å². The number of nitrogens with zero attached hydrogens (tertiary/aromatic N) is 4. The Balaban J connectivity index is 1.62. The lowest BCUT2D eigenvalue weighted by Crippen LogP contribution is -2.31. The van der Waals surface area contributed by atoms with Gasteiger partial charge in [0.15, 0.2) is 0 Å². The molecule has 0 unspecified atom stereocenters. The van der Waals surface area contributed by atoms with Crippen LogP contribution >= 0.6 is 11.6 Å². The molecule has 1 aliphatic heterocycles. The predicted molar refractivity (Wildman–Crippen MR) is 78.0 cm³/mol. The van der Waals surface area contributed by atoms with Crippen LogP contribution in [0.5, 0.6) is 0 Å². The first-order chi connectivity index (χ1) is 9.22. The Bertz CT molecular complexity index is 441. The van der Waals surface area contributed by atoms with Crippen molar-refractivity contribution in [2.24, 2.45) is 0 Å². The summed E-state index contributed by atoms with van der Waals surface area (Å²) in [7, 11) is 2.09. The van der Waals surface area contributed by atoms with E-state index in [0.717, 1.165) is 24.7 Å². The SMILES string of the molecule is CN(CCN1CCCC1)c1cc(Cl)nc(C2CC2)n1. The van der Waals surface area contributed by atoms with Crippen LogP contribution in [0, 0.1) is 0 Å². The van der Waals surface area contributed by atoms with Crippen LogP contribution in [0.4, 0.5) is 5.82 Å². The number of likely N-dealkylation sites (N-methyl/N-ethyl adjacent to an activating group) is 1. The zero-order valence-corrected chi connectivity index (χ0v) is 12.2. The minimum Gasteiger partial charge on any atom is -0.358 e. The Morgan fingerprint density at radius 3 is 2.74 bits per heavy atom. The molecule has 0 atom stereocenters. The lowest BCUT2D eigenvalue weighted by molar-refractivity contribution is 0.346. The van der Waals surface area contributed by atoms with E-state index in [1.807, 2.05) is 6.07 Å². The minimum atomic E-state index is 0.546. The molecule has 1 saturated heterocycles. The Hall–Kier alpha value is -0.870. The minimum absolute atomic E-state index is 0.546. The van der Waals surface area contributed by atoms with Crippen molar-refractivity contribution < 1.29 is 0 Å². The molecule has 0 bridgehead atoms. The second kappa shape index (κ2) is 5.63. The lowest BCUT2D eigenvalue weighted by atomic mass is 10.3.